The van der Waals surface area contributed by atoms with Crippen molar-refractivity contribution in [2.45, 2.75) is 20.4 Å². The minimum absolute atomic E-state index is 0.780. The van der Waals surface area contributed by atoms with E-state index in [1.807, 2.05) is 25.1 Å². The first-order chi connectivity index (χ1) is 8.58. The second-order valence-corrected chi connectivity index (χ2v) is 5.62. The monoisotopic (exact) mass is 323 g/mol. The standard InChI is InChI=1S/C15H15BrClN/c1-10-6-7-12(13(16)8-10)9-18-15-5-3-4-14(17)11(15)2/h3-8,18H,9H2,1-2H3. The van der Waals surface area contributed by atoms with Crippen molar-refractivity contribution in [3.63, 3.8) is 0 Å². The summed E-state index contributed by atoms with van der Waals surface area (Å²) < 4.78 is 1.13. The van der Waals surface area contributed by atoms with Gasteiger partial charge in [-0.1, -0.05) is 45.7 Å². The summed E-state index contributed by atoms with van der Waals surface area (Å²) in [4.78, 5) is 0. The number of nitrogens with one attached hydrogen (secondary N) is 1. The molecule has 18 heavy (non-hydrogen) atoms. The average molecular weight is 325 g/mol. The van der Waals surface area contributed by atoms with Gasteiger partial charge in [-0.2, -0.15) is 0 Å². The van der Waals surface area contributed by atoms with Gasteiger partial charge in [0.15, 0.2) is 0 Å². The number of hydrogen-bond donors (Lipinski definition) is 1. The van der Waals surface area contributed by atoms with Crippen molar-refractivity contribution >= 4 is 33.2 Å². The van der Waals surface area contributed by atoms with Crippen molar-refractivity contribution in [1.29, 1.82) is 0 Å². The van der Waals surface area contributed by atoms with Gasteiger partial charge in [0.2, 0.25) is 0 Å². The largest absolute Gasteiger partial charge is 0.381 e. The maximum atomic E-state index is 6.10. The molecule has 0 amide bonds. The van der Waals surface area contributed by atoms with Crippen LogP contribution in [-0.4, -0.2) is 0 Å². The van der Waals surface area contributed by atoms with Gasteiger partial charge in [-0.3, -0.25) is 0 Å². The van der Waals surface area contributed by atoms with Gasteiger partial charge < -0.3 is 5.32 Å². The van der Waals surface area contributed by atoms with Crippen molar-refractivity contribution in [1.82, 2.24) is 0 Å². The van der Waals surface area contributed by atoms with Crippen molar-refractivity contribution in [2.24, 2.45) is 0 Å². The molecule has 0 atom stereocenters. The molecule has 3 heteroatoms. The summed E-state index contributed by atoms with van der Waals surface area (Å²) in [7, 11) is 0. The second-order valence-electron chi connectivity index (χ2n) is 4.36. The van der Waals surface area contributed by atoms with E-state index in [0.29, 0.717) is 0 Å². The Bertz CT molecular complexity index is 566. The van der Waals surface area contributed by atoms with Crippen molar-refractivity contribution in [2.75, 3.05) is 5.32 Å². The third-order valence-electron chi connectivity index (χ3n) is 2.95. The van der Waals surface area contributed by atoms with Gasteiger partial charge in [0.1, 0.15) is 0 Å². The normalized spacial score (nSPS) is 10.4. The van der Waals surface area contributed by atoms with Gasteiger partial charge in [-0.05, 0) is 48.7 Å². The topological polar surface area (TPSA) is 12.0 Å². The van der Waals surface area contributed by atoms with Crippen molar-refractivity contribution in [3.05, 3.63) is 62.6 Å². The second kappa shape index (κ2) is 5.77. The number of benzene rings is 2. The van der Waals surface area contributed by atoms with E-state index in [1.165, 1.54) is 11.1 Å². The molecule has 2 aromatic rings. The molecule has 0 heterocycles. The van der Waals surface area contributed by atoms with E-state index >= 15 is 0 Å². The summed E-state index contributed by atoms with van der Waals surface area (Å²) in [6.45, 7) is 4.89. The van der Waals surface area contributed by atoms with E-state index in [0.717, 1.165) is 27.3 Å². The lowest BCUT2D eigenvalue weighted by molar-refractivity contribution is 1.12. The summed E-state index contributed by atoms with van der Waals surface area (Å²) in [6, 6.07) is 12.3. The number of aryl methyl sites for hydroxylation is 1. The van der Waals surface area contributed by atoms with Crippen LogP contribution in [0.25, 0.3) is 0 Å². The maximum Gasteiger partial charge on any atom is 0.0455 e. The minimum atomic E-state index is 0.780. The quantitative estimate of drug-likeness (QED) is 0.804. The molecule has 0 bridgehead atoms. The Kier molecular flexibility index (Phi) is 4.31. The molecule has 2 rings (SSSR count). The lowest BCUT2D eigenvalue weighted by Gasteiger charge is -2.12. The SMILES string of the molecule is Cc1ccc(CNc2cccc(Cl)c2C)c(Br)c1. The Balaban J connectivity index is 2.14. The Morgan fingerprint density at radius 2 is 1.94 bits per heavy atom. The first kappa shape index (κ1) is 13.4. The number of halogens is 2. The summed E-state index contributed by atoms with van der Waals surface area (Å²) in [5.41, 5.74) is 4.65. The van der Waals surface area contributed by atoms with Crippen LogP contribution in [-0.2, 0) is 6.54 Å². The molecule has 0 saturated heterocycles. The first-order valence-corrected chi connectivity index (χ1v) is 6.99. The molecule has 0 fully saturated rings. The first-order valence-electron chi connectivity index (χ1n) is 5.82. The van der Waals surface area contributed by atoms with Crippen molar-refractivity contribution in [3.8, 4) is 0 Å². The van der Waals surface area contributed by atoms with E-state index in [2.05, 4.69) is 46.4 Å². The van der Waals surface area contributed by atoms with Crippen LogP contribution in [0.1, 0.15) is 16.7 Å². The van der Waals surface area contributed by atoms with Crippen LogP contribution in [0, 0.1) is 13.8 Å². The molecule has 0 aliphatic heterocycles. The van der Waals surface area contributed by atoms with Gasteiger partial charge in [0.25, 0.3) is 0 Å². The highest BCUT2D eigenvalue weighted by Crippen LogP contribution is 2.25. The highest BCUT2D eigenvalue weighted by Gasteiger charge is 2.03. The number of rotatable bonds is 3. The van der Waals surface area contributed by atoms with Crippen LogP contribution in [0.4, 0.5) is 5.69 Å². The maximum absolute atomic E-state index is 6.10. The summed E-state index contributed by atoms with van der Waals surface area (Å²) in [6.07, 6.45) is 0. The molecule has 0 aliphatic carbocycles. The van der Waals surface area contributed by atoms with Crippen LogP contribution >= 0.6 is 27.5 Å². The molecule has 0 aliphatic rings. The molecule has 2 aromatic carbocycles. The van der Waals surface area contributed by atoms with Gasteiger partial charge in [-0.25, -0.2) is 0 Å². The Morgan fingerprint density at radius 1 is 1.17 bits per heavy atom. The molecular formula is C15H15BrClN. The van der Waals surface area contributed by atoms with Crippen molar-refractivity contribution < 1.29 is 0 Å². The highest BCUT2D eigenvalue weighted by molar-refractivity contribution is 9.10. The predicted octanol–water partition coefficient (Wildman–Crippen LogP) is 5.33. The fraction of sp³-hybridized carbons (Fsp3) is 0.200. The smallest absolute Gasteiger partial charge is 0.0455 e. The molecule has 0 radical (unpaired) electrons. The van der Waals surface area contributed by atoms with E-state index < -0.39 is 0 Å². The van der Waals surface area contributed by atoms with Crippen LogP contribution in [0.3, 0.4) is 0 Å². The number of hydrogen-bond acceptors (Lipinski definition) is 1. The summed E-state index contributed by atoms with van der Waals surface area (Å²) in [5, 5.41) is 4.21. The molecule has 0 spiro atoms. The third kappa shape index (κ3) is 3.06. The zero-order chi connectivity index (χ0) is 13.1. The predicted molar refractivity (Wildman–Crippen MR) is 82.4 cm³/mol. The minimum Gasteiger partial charge on any atom is -0.381 e. The van der Waals surface area contributed by atoms with E-state index in [9.17, 15) is 0 Å². The van der Waals surface area contributed by atoms with Gasteiger partial charge in [0.05, 0.1) is 0 Å². The number of anilines is 1. The Hall–Kier alpha value is -0.990. The Morgan fingerprint density at radius 3 is 2.67 bits per heavy atom. The molecule has 1 N–H and O–H groups in total. The summed E-state index contributed by atoms with van der Waals surface area (Å²) >= 11 is 9.69. The fourth-order valence-corrected chi connectivity index (χ4v) is 2.59. The summed E-state index contributed by atoms with van der Waals surface area (Å²) in [5.74, 6) is 0. The van der Waals surface area contributed by atoms with Crippen LogP contribution in [0.5, 0.6) is 0 Å². The van der Waals surface area contributed by atoms with Gasteiger partial charge in [0, 0.05) is 21.7 Å². The molecule has 0 unspecified atom stereocenters. The van der Waals surface area contributed by atoms with Gasteiger partial charge in [-0.15, -0.1) is 0 Å². The third-order valence-corrected chi connectivity index (χ3v) is 4.09. The highest BCUT2D eigenvalue weighted by atomic mass is 79.9. The molecule has 0 aromatic heterocycles. The lowest BCUT2D eigenvalue weighted by atomic mass is 10.1. The lowest BCUT2D eigenvalue weighted by Crippen LogP contribution is -2.02. The molecular weight excluding hydrogens is 310 g/mol. The van der Waals surface area contributed by atoms with E-state index in [-0.39, 0.29) is 0 Å². The van der Waals surface area contributed by atoms with Crippen LogP contribution in [0.15, 0.2) is 40.9 Å². The van der Waals surface area contributed by atoms with Gasteiger partial charge >= 0.3 is 0 Å². The zero-order valence-corrected chi connectivity index (χ0v) is 12.8. The van der Waals surface area contributed by atoms with Crippen LogP contribution in [0.2, 0.25) is 5.02 Å². The van der Waals surface area contributed by atoms with E-state index in [1.54, 1.807) is 0 Å². The van der Waals surface area contributed by atoms with E-state index in [4.69, 9.17) is 11.6 Å². The average Bonchev–Trinajstić information content (AvgIpc) is 2.33. The molecule has 94 valence electrons. The molecule has 1 nitrogen and oxygen atoms in total. The Labute approximate surface area is 121 Å². The zero-order valence-electron chi connectivity index (χ0n) is 10.4. The fourth-order valence-electron chi connectivity index (χ4n) is 1.79. The van der Waals surface area contributed by atoms with Crippen LogP contribution < -0.4 is 5.32 Å². The molecule has 0 saturated carbocycles.